The maximum atomic E-state index is 4.59. The molecule has 0 fully saturated rings. The van der Waals surface area contributed by atoms with Gasteiger partial charge >= 0.3 is 0 Å². The number of hydrogen-bond donors (Lipinski definition) is 0. The predicted octanol–water partition coefficient (Wildman–Crippen LogP) is 1.98. The van der Waals surface area contributed by atoms with Gasteiger partial charge in [0.1, 0.15) is 5.82 Å². The number of fused-ring (bicyclic) bond motifs is 1. The maximum absolute atomic E-state index is 4.59. The summed E-state index contributed by atoms with van der Waals surface area (Å²) in [5.41, 5.74) is 1.14. The van der Waals surface area contributed by atoms with Crippen LogP contribution >= 0.6 is 0 Å². The Hall–Kier alpha value is -0.830. The van der Waals surface area contributed by atoms with Gasteiger partial charge in [-0.2, -0.15) is 0 Å². The van der Waals surface area contributed by atoms with Crippen molar-refractivity contribution in [3.8, 4) is 0 Å². The molecule has 0 bridgehead atoms. The Morgan fingerprint density at radius 1 is 1.43 bits per heavy atom. The molecule has 1 aliphatic rings. The van der Waals surface area contributed by atoms with Gasteiger partial charge in [0.05, 0.1) is 11.7 Å². The summed E-state index contributed by atoms with van der Waals surface area (Å²) in [7, 11) is 0. The molecule has 0 amide bonds. The first-order valence-corrected chi connectivity index (χ1v) is 5.39. The third-order valence-corrected chi connectivity index (χ3v) is 3.06. The topological polar surface area (TPSA) is 21.1 Å². The quantitative estimate of drug-likeness (QED) is 0.680. The number of imidazole rings is 1. The van der Waals surface area contributed by atoms with E-state index in [1.165, 1.54) is 5.82 Å². The van der Waals surface area contributed by atoms with Crippen molar-refractivity contribution in [2.75, 3.05) is 6.54 Å². The molecule has 1 aliphatic heterocycles. The smallest absolute Gasteiger partial charge is 0.126 e. The standard InChI is InChI=1S/C11H19N3/c1-8(2)14-6-5-13-7-9(3)12-11(13)10(14)4/h7-8,10H,5-6H2,1-4H3. The van der Waals surface area contributed by atoms with Crippen molar-refractivity contribution in [2.24, 2.45) is 0 Å². The van der Waals surface area contributed by atoms with Gasteiger partial charge in [0.25, 0.3) is 0 Å². The van der Waals surface area contributed by atoms with Gasteiger partial charge in [-0.15, -0.1) is 0 Å². The second-order valence-corrected chi connectivity index (χ2v) is 4.44. The average Bonchev–Trinajstić information content (AvgIpc) is 2.46. The van der Waals surface area contributed by atoms with Crippen LogP contribution < -0.4 is 0 Å². The van der Waals surface area contributed by atoms with Crippen molar-refractivity contribution in [2.45, 2.75) is 46.3 Å². The summed E-state index contributed by atoms with van der Waals surface area (Å²) >= 11 is 0. The first-order valence-electron chi connectivity index (χ1n) is 5.39. The van der Waals surface area contributed by atoms with Crippen molar-refractivity contribution in [3.63, 3.8) is 0 Å². The van der Waals surface area contributed by atoms with E-state index in [9.17, 15) is 0 Å². The highest BCUT2D eigenvalue weighted by Gasteiger charge is 2.26. The van der Waals surface area contributed by atoms with Crippen molar-refractivity contribution in [1.82, 2.24) is 14.5 Å². The Morgan fingerprint density at radius 3 is 2.79 bits per heavy atom. The molecular formula is C11H19N3. The zero-order valence-corrected chi connectivity index (χ0v) is 9.49. The molecule has 3 heteroatoms. The van der Waals surface area contributed by atoms with E-state index in [1.54, 1.807) is 0 Å². The maximum Gasteiger partial charge on any atom is 0.126 e. The van der Waals surface area contributed by atoms with Crippen LogP contribution in [-0.2, 0) is 6.54 Å². The molecule has 0 N–H and O–H groups in total. The third-order valence-electron chi connectivity index (χ3n) is 3.06. The molecule has 2 rings (SSSR count). The Bertz CT molecular complexity index is 327. The SMILES string of the molecule is Cc1cn2c(n1)C(C)N(C(C)C)CC2. The molecular weight excluding hydrogens is 174 g/mol. The van der Waals surface area contributed by atoms with E-state index in [-0.39, 0.29) is 0 Å². The lowest BCUT2D eigenvalue weighted by molar-refractivity contribution is 0.126. The summed E-state index contributed by atoms with van der Waals surface area (Å²) in [6.07, 6.45) is 2.16. The summed E-state index contributed by atoms with van der Waals surface area (Å²) in [4.78, 5) is 7.09. The van der Waals surface area contributed by atoms with E-state index in [0.29, 0.717) is 12.1 Å². The van der Waals surface area contributed by atoms with Gasteiger partial charge in [0.15, 0.2) is 0 Å². The molecule has 3 nitrogen and oxygen atoms in total. The van der Waals surface area contributed by atoms with Gasteiger partial charge in [-0.05, 0) is 27.7 Å². The van der Waals surface area contributed by atoms with E-state index >= 15 is 0 Å². The lowest BCUT2D eigenvalue weighted by Crippen LogP contribution is -2.41. The van der Waals surface area contributed by atoms with E-state index in [1.807, 2.05) is 0 Å². The highest BCUT2D eigenvalue weighted by atomic mass is 15.3. The predicted molar refractivity (Wildman–Crippen MR) is 57.2 cm³/mol. The van der Waals surface area contributed by atoms with Gasteiger partial charge in [-0.1, -0.05) is 0 Å². The number of aryl methyl sites for hydroxylation is 1. The Labute approximate surface area is 85.7 Å². The average molecular weight is 193 g/mol. The van der Waals surface area contributed by atoms with Crippen LogP contribution in [-0.4, -0.2) is 27.0 Å². The molecule has 0 saturated heterocycles. The molecule has 78 valence electrons. The Morgan fingerprint density at radius 2 is 2.14 bits per heavy atom. The molecule has 1 aromatic rings. The Balaban J connectivity index is 2.31. The zero-order chi connectivity index (χ0) is 10.3. The fourth-order valence-electron chi connectivity index (χ4n) is 2.35. The van der Waals surface area contributed by atoms with E-state index in [4.69, 9.17) is 0 Å². The molecule has 0 spiro atoms. The van der Waals surface area contributed by atoms with E-state index in [0.717, 1.165) is 18.8 Å². The fourth-order valence-corrected chi connectivity index (χ4v) is 2.35. The fraction of sp³-hybridized carbons (Fsp3) is 0.727. The first-order chi connectivity index (χ1) is 6.59. The molecule has 1 aromatic heterocycles. The lowest BCUT2D eigenvalue weighted by atomic mass is 10.1. The monoisotopic (exact) mass is 193 g/mol. The van der Waals surface area contributed by atoms with Gasteiger partial charge < -0.3 is 4.57 Å². The third kappa shape index (κ3) is 1.46. The molecule has 14 heavy (non-hydrogen) atoms. The Kier molecular flexibility index (Phi) is 2.35. The van der Waals surface area contributed by atoms with E-state index < -0.39 is 0 Å². The largest absolute Gasteiger partial charge is 0.332 e. The van der Waals surface area contributed by atoms with Crippen molar-refractivity contribution in [3.05, 3.63) is 17.7 Å². The lowest BCUT2D eigenvalue weighted by Gasteiger charge is -2.36. The van der Waals surface area contributed by atoms with Gasteiger partial charge in [-0.25, -0.2) is 4.98 Å². The van der Waals surface area contributed by atoms with Crippen LogP contribution in [0.15, 0.2) is 6.20 Å². The summed E-state index contributed by atoms with van der Waals surface area (Å²) in [5.74, 6) is 1.22. The van der Waals surface area contributed by atoms with Crippen molar-refractivity contribution in [1.29, 1.82) is 0 Å². The van der Waals surface area contributed by atoms with Crippen LogP contribution in [0.1, 0.15) is 38.3 Å². The summed E-state index contributed by atoms with van der Waals surface area (Å²) in [6, 6.07) is 1.06. The van der Waals surface area contributed by atoms with E-state index in [2.05, 4.69) is 48.3 Å². The van der Waals surface area contributed by atoms with Crippen LogP contribution in [0.5, 0.6) is 0 Å². The minimum Gasteiger partial charge on any atom is -0.332 e. The molecule has 1 unspecified atom stereocenters. The molecule has 1 atom stereocenters. The van der Waals surface area contributed by atoms with Crippen LogP contribution in [0.3, 0.4) is 0 Å². The van der Waals surface area contributed by atoms with Gasteiger partial charge in [0.2, 0.25) is 0 Å². The van der Waals surface area contributed by atoms with Crippen molar-refractivity contribution >= 4 is 0 Å². The van der Waals surface area contributed by atoms with Crippen LogP contribution in [0, 0.1) is 6.92 Å². The van der Waals surface area contributed by atoms with Crippen LogP contribution in [0.2, 0.25) is 0 Å². The minimum atomic E-state index is 0.456. The molecule has 0 aromatic carbocycles. The number of aromatic nitrogens is 2. The van der Waals surface area contributed by atoms with Crippen molar-refractivity contribution < 1.29 is 0 Å². The molecule has 0 radical (unpaired) electrons. The number of hydrogen-bond acceptors (Lipinski definition) is 2. The van der Waals surface area contributed by atoms with Crippen LogP contribution in [0.4, 0.5) is 0 Å². The highest BCUT2D eigenvalue weighted by molar-refractivity contribution is 5.08. The number of rotatable bonds is 1. The number of nitrogens with zero attached hydrogens (tertiary/aromatic N) is 3. The zero-order valence-electron chi connectivity index (χ0n) is 9.49. The van der Waals surface area contributed by atoms with Gasteiger partial charge in [0, 0.05) is 25.3 Å². The summed E-state index contributed by atoms with van der Waals surface area (Å²) in [6.45, 7) is 11.0. The molecule has 0 saturated carbocycles. The normalized spacial score (nSPS) is 22.8. The summed E-state index contributed by atoms with van der Waals surface area (Å²) in [5, 5.41) is 0. The minimum absolute atomic E-state index is 0.456. The highest BCUT2D eigenvalue weighted by Crippen LogP contribution is 2.25. The van der Waals surface area contributed by atoms with Gasteiger partial charge in [-0.3, -0.25) is 4.90 Å². The second-order valence-electron chi connectivity index (χ2n) is 4.44. The molecule has 2 heterocycles. The van der Waals surface area contributed by atoms with Crippen LogP contribution in [0.25, 0.3) is 0 Å². The first kappa shape index (κ1) is 9.71. The molecule has 0 aliphatic carbocycles. The second kappa shape index (κ2) is 3.39. The summed E-state index contributed by atoms with van der Waals surface area (Å²) < 4.78 is 2.29.